The summed E-state index contributed by atoms with van der Waals surface area (Å²) in [6.07, 6.45) is 3.31. The van der Waals surface area contributed by atoms with Gasteiger partial charge in [-0.05, 0) is 36.2 Å². The molecule has 0 bridgehead atoms. The number of rotatable bonds is 4. The second-order valence-corrected chi connectivity index (χ2v) is 4.52. The van der Waals surface area contributed by atoms with Gasteiger partial charge < -0.3 is 11.1 Å². The number of carbonyl (C=O) groups is 1. The lowest BCUT2D eigenvalue weighted by Crippen LogP contribution is -2.24. The molecule has 2 aromatic rings. The minimum Gasteiger partial charge on any atom is -0.399 e. The Morgan fingerprint density at radius 1 is 1.43 bits per heavy atom. The standard InChI is InChI=1S/C14H14N4O3/c1-9-7-16-5-4-10(9)8-17-14(19)12-6-11(15)2-3-13(12)18(20)21/h2-7H,8,15H2,1H3,(H,17,19). The first kappa shape index (κ1) is 14.4. The average Bonchev–Trinajstić information content (AvgIpc) is 2.45. The fourth-order valence-electron chi connectivity index (χ4n) is 1.87. The summed E-state index contributed by atoms with van der Waals surface area (Å²) in [7, 11) is 0. The summed E-state index contributed by atoms with van der Waals surface area (Å²) in [6, 6.07) is 5.69. The molecule has 3 N–H and O–H groups in total. The van der Waals surface area contributed by atoms with E-state index in [0.29, 0.717) is 5.69 Å². The van der Waals surface area contributed by atoms with Crippen molar-refractivity contribution < 1.29 is 9.72 Å². The highest BCUT2D eigenvalue weighted by molar-refractivity contribution is 5.99. The lowest BCUT2D eigenvalue weighted by atomic mass is 10.1. The number of anilines is 1. The van der Waals surface area contributed by atoms with Crippen LogP contribution in [0.3, 0.4) is 0 Å². The number of pyridine rings is 1. The van der Waals surface area contributed by atoms with Crippen molar-refractivity contribution in [1.29, 1.82) is 0 Å². The van der Waals surface area contributed by atoms with Crippen molar-refractivity contribution in [1.82, 2.24) is 10.3 Å². The molecule has 0 atom stereocenters. The molecule has 0 fully saturated rings. The third kappa shape index (κ3) is 3.33. The summed E-state index contributed by atoms with van der Waals surface area (Å²) in [5.74, 6) is -0.537. The number of benzene rings is 1. The third-order valence-corrected chi connectivity index (χ3v) is 3.04. The van der Waals surface area contributed by atoms with Crippen LogP contribution >= 0.6 is 0 Å². The lowest BCUT2D eigenvalue weighted by molar-refractivity contribution is -0.385. The van der Waals surface area contributed by atoms with Crippen LogP contribution < -0.4 is 11.1 Å². The van der Waals surface area contributed by atoms with Crippen molar-refractivity contribution in [3.63, 3.8) is 0 Å². The summed E-state index contributed by atoms with van der Waals surface area (Å²) < 4.78 is 0. The van der Waals surface area contributed by atoms with E-state index in [2.05, 4.69) is 10.3 Å². The number of nitrogens with zero attached hydrogens (tertiary/aromatic N) is 2. The zero-order valence-electron chi connectivity index (χ0n) is 11.4. The van der Waals surface area contributed by atoms with Gasteiger partial charge in [0.1, 0.15) is 5.56 Å². The molecule has 0 aliphatic carbocycles. The van der Waals surface area contributed by atoms with E-state index in [9.17, 15) is 14.9 Å². The average molecular weight is 286 g/mol. The number of amides is 1. The molecule has 1 heterocycles. The maximum absolute atomic E-state index is 12.1. The monoisotopic (exact) mass is 286 g/mol. The first-order chi connectivity index (χ1) is 9.99. The molecule has 1 amide bonds. The summed E-state index contributed by atoms with van der Waals surface area (Å²) in [4.78, 5) is 26.4. The van der Waals surface area contributed by atoms with E-state index in [1.807, 2.05) is 6.92 Å². The zero-order valence-corrected chi connectivity index (χ0v) is 11.4. The van der Waals surface area contributed by atoms with E-state index in [0.717, 1.165) is 11.1 Å². The first-order valence-electron chi connectivity index (χ1n) is 6.20. The van der Waals surface area contributed by atoms with E-state index in [4.69, 9.17) is 5.73 Å². The molecule has 21 heavy (non-hydrogen) atoms. The van der Waals surface area contributed by atoms with Crippen LogP contribution in [0.4, 0.5) is 11.4 Å². The molecule has 7 heteroatoms. The molecule has 0 aliphatic rings. The van der Waals surface area contributed by atoms with Gasteiger partial charge in [0, 0.05) is 30.7 Å². The number of carbonyl (C=O) groups excluding carboxylic acids is 1. The number of nitro groups is 1. The molecule has 0 spiro atoms. The Hall–Kier alpha value is -2.96. The fourth-order valence-corrected chi connectivity index (χ4v) is 1.87. The van der Waals surface area contributed by atoms with Gasteiger partial charge in [-0.2, -0.15) is 0 Å². The molecule has 1 aromatic heterocycles. The van der Waals surface area contributed by atoms with Crippen molar-refractivity contribution >= 4 is 17.3 Å². The van der Waals surface area contributed by atoms with Gasteiger partial charge in [0.25, 0.3) is 11.6 Å². The van der Waals surface area contributed by atoms with Crippen molar-refractivity contribution in [3.05, 3.63) is 63.5 Å². The van der Waals surface area contributed by atoms with Gasteiger partial charge in [0.15, 0.2) is 0 Å². The normalized spacial score (nSPS) is 10.1. The first-order valence-corrected chi connectivity index (χ1v) is 6.20. The highest BCUT2D eigenvalue weighted by Gasteiger charge is 2.20. The maximum Gasteiger partial charge on any atom is 0.282 e. The Kier molecular flexibility index (Phi) is 4.13. The minimum atomic E-state index is -0.605. The quantitative estimate of drug-likeness (QED) is 0.506. The molecule has 2 rings (SSSR count). The van der Waals surface area contributed by atoms with E-state index >= 15 is 0 Å². The molecule has 1 aromatic carbocycles. The fraction of sp³-hybridized carbons (Fsp3) is 0.143. The molecular weight excluding hydrogens is 272 g/mol. The van der Waals surface area contributed by atoms with Gasteiger partial charge in [-0.3, -0.25) is 19.9 Å². The summed E-state index contributed by atoms with van der Waals surface area (Å²) in [5.41, 5.74) is 7.39. The number of nitrogens with one attached hydrogen (secondary N) is 1. The Labute approximate surface area is 121 Å². The lowest BCUT2D eigenvalue weighted by Gasteiger charge is -2.08. The van der Waals surface area contributed by atoms with Crippen molar-refractivity contribution in [2.75, 3.05) is 5.73 Å². The van der Waals surface area contributed by atoms with E-state index in [1.54, 1.807) is 18.5 Å². The summed E-state index contributed by atoms with van der Waals surface area (Å²) in [5, 5.41) is 13.6. The molecule has 0 saturated carbocycles. The number of hydrogen-bond acceptors (Lipinski definition) is 5. The van der Waals surface area contributed by atoms with Gasteiger partial charge in [0.05, 0.1) is 4.92 Å². The van der Waals surface area contributed by atoms with Gasteiger partial charge in [-0.1, -0.05) is 0 Å². The van der Waals surface area contributed by atoms with Crippen LogP contribution in [0.5, 0.6) is 0 Å². The second-order valence-electron chi connectivity index (χ2n) is 4.52. The van der Waals surface area contributed by atoms with Crippen LogP contribution in [0.25, 0.3) is 0 Å². The zero-order chi connectivity index (χ0) is 15.4. The smallest absolute Gasteiger partial charge is 0.282 e. The third-order valence-electron chi connectivity index (χ3n) is 3.04. The molecule has 0 radical (unpaired) electrons. The van der Waals surface area contributed by atoms with Crippen LogP contribution in [-0.2, 0) is 6.54 Å². The number of nitro benzene ring substituents is 1. The highest BCUT2D eigenvalue weighted by atomic mass is 16.6. The predicted molar refractivity (Wildman–Crippen MR) is 77.7 cm³/mol. The van der Waals surface area contributed by atoms with Gasteiger partial charge in [-0.15, -0.1) is 0 Å². The maximum atomic E-state index is 12.1. The summed E-state index contributed by atoms with van der Waals surface area (Å²) in [6.45, 7) is 2.14. The largest absolute Gasteiger partial charge is 0.399 e. The van der Waals surface area contributed by atoms with Crippen molar-refractivity contribution in [2.24, 2.45) is 0 Å². The van der Waals surface area contributed by atoms with Crippen LogP contribution in [0.2, 0.25) is 0 Å². The Morgan fingerprint density at radius 2 is 2.19 bits per heavy atom. The number of aryl methyl sites for hydroxylation is 1. The van der Waals surface area contributed by atoms with Crippen LogP contribution in [0.15, 0.2) is 36.7 Å². The number of hydrogen-bond donors (Lipinski definition) is 2. The van der Waals surface area contributed by atoms with Crippen LogP contribution in [0, 0.1) is 17.0 Å². The van der Waals surface area contributed by atoms with Gasteiger partial charge in [0.2, 0.25) is 0 Å². The van der Waals surface area contributed by atoms with Gasteiger partial charge >= 0.3 is 0 Å². The molecule has 0 aliphatic heterocycles. The Morgan fingerprint density at radius 3 is 2.86 bits per heavy atom. The van der Waals surface area contributed by atoms with Crippen LogP contribution in [-0.4, -0.2) is 15.8 Å². The molecule has 108 valence electrons. The SMILES string of the molecule is Cc1cnccc1CNC(=O)c1cc(N)ccc1[N+](=O)[O-]. The van der Waals surface area contributed by atoms with E-state index in [-0.39, 0.29) is 17.8 Å². The highest BCUT2D eigenvalue weighted by Crippen LogP contribution is 2.21. The molecular formula is C14H14N4O3. The molecule has 0 unspecified atom stereocenters. The predicted octanol–water partition coefficient (Wildman–Crippen LogP) is 1.81. The van der Waals surface area contributed by atoms with Crippen molar-refractivity contribution in [3.8, 4) is 0 Å². The van der Waals surface area contributed by atoms with Crippen molar-refractivity contribution in [2.45, 2.75) is 13.5 Å². The van der Waals surface area contributed by atoms with Gasteiger partial charge in [-0.25, -0.2) is 0 Å². The molecule has 0 saturated heterocycles. The topological polar surface area (TPSA) is 111 Å². The number of aromatic nitrogens is 1. The number of nitrogen functional groups attached to an aromatic ring is 1. The molecule has 7 nitrogen and oxygen atoms in total. The number of nitrogens with two attached hydrogens (primary N) is 1. The van der Waals surface area contributed by atoms with Crippen LogP contribution in [0.1, 0.15) is 21.5 Å². The minimum absolute atomic E-state index is 0.0493. The Bertz CT molecular complexity index is 700. The van der Waals surface area contributed by atoms with E-state index < -0.39 is 10.8 Å². The second kappa shape index (κ2) is 6.00. The van der Waals surface area contributed by atoms with E-state index in [1.165, 1.54) is 18.2 Å². The Balaban J connectivity index is 2.19. The summed E-state index contributed by atoms with van der Waals surface area (Å²) >= 11 is 0.